The highest BCUT2D eigenvalue weighted by molar-refractivity contribution is 5.76. The van der Waals surface area contributed by atoms with Crippen LogP contribution in [0.15, 0.2) is 47.3 Å². The molecule has 1 aliphatic heterocycles. The summed E-state index contributed by atoms with van der Waals surface area (Å²) in [6.07, 6.45) is 7.68. The van der Waals surface area contributed by atoms with Gasteiger partial charge in [0.25, 0.3) is 0 Å². The van der Waals surface area contributed by atoms with Gasteiger partial charge in [-0.1, -0.05) is 6.07 Å². The molecule has 3 heterocycles. The highest BCUT2D eigenvalue weighted by Gasteiger charge is 2.26. The highest BCUT2D eigenvalue weighted by atomic mass is 16.3. The van der Waals surface area contributed by atoms with Gasteiger partial charge in [0.05, 0.1) is 6.26 Å². The van der Waals surface area contributed by atoms with Crippen molar-refractivity contribution in [2.24, 2.45) is 5.92 Å². The van der Waals surface area contributed by atoms with Crippen molar-refractivity contribution in [2.75, 3.05) is 26.7 Å². The monoisotopic (exact) mass is 327 g/mol. The molecule has 5 heteroatoms. The second-order valence-electron chi connectivity index (χ2n) is 6.63. The van der Waals surface area contributed by atoms with Crippen molar-refractivity contribution in [3.8, 4) is 0 Å². The van der Waals surface area contributed by atoms with Crippen LogP contribution in [0, 0.1) is 5.92 Å². The molecule has 0 spiro atoms. The molecule has 24 heavy (non-hydrogen) atoms. The Hall–Kier alpha value is -2.14. The minimum Gasteiger partial charge on any atom is -0.469 e. The Kier molecular flexibility index (Phi) is 5.64. The van der Waals surface area contributed by atoms with Gasteiger partial charge in [0.15, 0.2) is 0 Å². The molecule has 0 bridgehead atoms. The van der Waals surface area contributed by atoms with E-state index in [0.29, 0.717) is 18.8 Å². The number of aryl methyl sites for hydroxylation is 1. The number of likely N-dealkylation sites (tertiary alicyclic amines) is 1. The van der Waals surface area contributed by atoms with Crippen molar-refractivity contribution in [3.63, 3.8) is 0 Å². The van der Waals surface area contributed by atoms with E-state index in [1.165, 1.54) is 5.56 Å². The van der Waals surface area contributed by atoms with Crippen molar-refractivity contribution in [1.29, 1.82) is 0 Å². The van der Waals surface area contributed by atoms with E-state index in [-0.39, 0.29) is 5.91 Å². The lowest BCUT2D eigenvalue weighted by atomic mass is 10.1. The average molecular weight is 327 g/mol. The Morgan fingerprint density at radius 1 is 1.42 bits per heavy atom. The van der Waals surface area contributed by atoms with Gasteiger partial charge in [0.1, 0.15) is 5.76 Å². The predicted octanol–water partition coefficient (Wildman–Crippen LogP) is 2.59. The number of pyridine rings is 1. The molecule has 1 atom stereocenters. The molecule has 128 valence electrons. The Morgan fingerprint density at radius 2 is 2.33 bits per heavy atom. The lowest BCUT2D eigenvalue weighted by Crippen LogP contribution is -2.31. The van der Waals surface area contributed by atoms with Crippen LogP contribution in [0.5, 0.6) is 0 Å². The summed E-state index contributed by atoms with van der Waals surface area (Å²) < 4.78 is 5.29. The summed E-state index contributed by atoms with van der Waals surface area (Å²) in [5.41, 5.74) is 1.23. The number of nitrogens with zero attached hydrogens (tertiary/aromatic N) is 3. The zero-order valence-electron chi connectivity index (χ0n) is 14.2. The van der Waals surface area contributed by atoms with Crippen LogP contribution in [0.4, 0.5) is 0 Å². The third-order valence-electron chi connectivity index (χ3n) is 4.55. The van der Waals surface area contributed by atoms with Gasteiger partial charge in [-0.05, 0) is 43.1 Å². The lowest BCUT2D eigenvalue weighted by Gasteiger charge is -2.21. The van der Waals surface area contributed by atoms with Crippen LogP contribution in [0.3, 0.4) is 0 Å². The van der Waals surface area contributed by atoms with Crippen molar-refractivity contribution < 1.29 is 9.21 Å². The first-order chi connectivity index (χ1) is 11.7. The molecular formula is C19H25N3O2. The molecule has 2 aromatic rings. The van der Waals surface area contributed by atoms with Gasteiger partial charge in [-0.3, -0.25) is 9.78 Å². The summed E-state index contributed by atoms with van der Waals surface area (Å²) >= 11 is 0. The van der Waals surface area contributed by atoms with E-state index in [2.05, 4.69) is 23.0 Å². The van der Waals surface area contributed by atoms with E-state index < -0.39 is 0 Å². The Bertz CT molecular complexity index is 627. The van der Waals surface area contributed by atoms with Gasteiger partial charge in [-0.15, -0.1) is 0 Å². The van der Waals surface area contributed by atoms with E-state index in [9.17, 15) is 4.79 Å². The molecule has 1 fully saturated rings. The summed E-state index contributed by atoms with van der Waals surface area (Å²) in [5.74, 6) is 1.68. The van der Waals surface area contributed by atoms with Crippen LogP contribution in [-0.4, -0.2) is 47.4 Å². The molecule has 0 radical (unpaired) electrons. The normalized spacial score (nSPS) is 17.6. The van der Waals surface area contributed by atoms with E-state index in [1.807, 2.05) is 29.3 Å². The van der Waals surface area contributed by atoms with Crippen LogP contribution in [0.1, 0.15) is 24.2 Å². The van der Waals surface area contributed by atoms with Crippen LogP contribution < -0.4 is 0 Å². The van der Waals surface area contributed by atoms with Crippen molar-refractivity contribution in [2.45, 2.75) is 25.8 Å². The molecule has 0 N–H and O–H groups in total. The zero-order chi connectivity index (χ0) is 16.8. The molecule has 0 aliphatic carbocycles. The second kappa shape index (κ2) is 8.11. The molecule has 1 aliphatic rings. The quantitative estimate of drug-likeness (QED) is 0.784. The molecule has 3 rings (SSSR count). The van der Waals surface area contributed by atoms with E-state index in [0.717, 1.165) is 38.4 Å². The molecule has 0 unspecified atom stereocenters. The maximum absolute atomic E-state index is 12.3. The Labute approximate surface area is 143 Å². The fourth-order valence-electron chi connectivity index (χ4n) is 3.36. The van der Waals surface area contributed by atoms with Crippen LogP contribution in [0.2, 0.25) is 0 Å². The molecule has 0 aromatic carbocycles. The number of amides is 1. The largest absolute Gasteiger partial charge is 0.469 e. The number of hydrogen-bond donors (Lipinski definition) is 0. The summed E-state index contributed by atoms with van der Waals surface area (Å²) in [4.78, 5) is 20.8. The van der Waals surface area contributed by atoms with E-state index in [1.54, 1.807) is 12.5 Å². The standard InChI is InChI=1S/C19H25N3O2/c1-21(13-16-4-2-9-20-12-16)14-17-8-10-22(15-17)19(23)7-6-18-5-3-11-24-18/h2-5,9,11-12,17H,6-8,10,13-15H2,1H3/t17-/m0/s1. The molecule has 5 nitrogen and oxygen atoms in total. The first-order valence-electron chi connectivity index (χ1n) is 8.58. The maximum atomic E-state index is 12.3. The summed E-state index contributed by atoms with van der Waals surface area (Å²) in [7, 11) is 2.13. The number of carbonyl (C=O) groups is 1. The van der Waals surface area contributed by atoms with Gasteiger partial charge < -0.3 is 14.2 Å². The topological polar surface area (TPSA) is 49.6 Å². The van der Waals surface area contributed by atoms with Gasteiger partial charge in [-0.25, -0.2) is 0 Å². The van der Waals surface area contributed by atoms with Gasteiger partial charge >= 0.3 is 0 Å². The first-order valence-corrected chi connectivity index (χ1v) is 8.58. The summed E-state index contributed by atoms with van der Waals surface area (Å²) in [5, 5.41) is 0. The van der Waals surface area contributed by atoms with Crippen molar-refractivity contribution in [1.82, 2.24) is 14.8 Å². The minimum atomic E-state index is 0.240. The molecule has 2 aromatic heterocycles. The third kappa shape index (κ3) is 4.68. The fraction of sp³-hybridized carbons (Fsp3) is 0.474. The molecular weight excluding hydrogens is 302 g/mol. The minimum absolute atomic E-state index is 0.240. The van der Waals surface area contributed by atoms with Crippen molar-refractivity contribution >= 4 is 5.91 Å². The third-order valence-corrected chi connectivity index (χ3v) is 4.55. The van der Waals surface area contributed by atoms with Crippen molar-refractivity contribution in [3.05, 3.63) is 54.2 Å². The number of carbonyl (C=O) groups excluding carboxylic acids is 1. The van der Waals surface area contributed by atoms with E-state index in [4.69, 9.17) is 4.42 Å². The maximum Gasteiger partial charge on any atom is 0.223 e. The zero-order valence-corrected chi connectivity index (χ0v) is 14.2. The Balaban J connectivity index is 1.40. The highest BCUT2D eigenvalue weighted by Crippen LogP contribution is 2.19. The summed E-state index contributed by atoms with van der Waals surface area (Å²) in [6, 6.07) is 7.86. The first kappa shape index (κ1) is 16.7. The van der Waals surface area contributed by atoms with Gasteiger partial charge in [-0.2, -0.15) is 0 Å². The smallest absolute Gasteiger partial charge is 0.223 e. The number of rotatable bonds is 7. The molecule has 1 amide bonds. The number of aromatic nitrogens is 1. The summed E-state index contributed by atoms with van der Waals surface area (Å²) in [6.45, 7) is 3.66. The average Bonchev–Trinajstić information content (AvgIpc) is 3.25. The number of furan rings is 1. The SMILES string of the molecule is CN(Cc1cccnc1)C[C@@H]1CCN(C(=O)CCc2ccco2)C1. The van der Waals surface area contributed by atoms with Crippen LogP contribution in [0.25, 0.3) is 0 Å². The Morgan fingerprint density at radius 3 is 3.08 bits per heavy atom. The van der Waals surface area contributed by atoms with Crippen LogP contribution >= 0.6 is 0 Å². The predicted molar refractivity (Wildman–Crippen MR) is 92.3 cm³/mol. The van der Waals surface area contributed by atoms with Gasteiger partial charge in [0, 0.05) is 51.4 Å². The lowest BCUT2D eigenvalue weighted by molar-refractivity contribution is -0.130. The van der Waals surface area contributed by atoms with Gasteiger partial charge in [0.2, 0.25) is 5.91 Å². The molecule has 0 saturated carbocycles. The fourth-order valence-corrected chi connectivity index (χ4v) is 3.36. The molecule has 1 saturated heterocycles. The van der Waals surface area contributed by atoms with E-state index >= 15 is 0 Å². The second-order valence-corrected chi connectivity index (χ2v) is 6.63. The number of hydrogen-bond acceptors (Lipinski definition) is 4. The van der Waals surface area contributed by atoms with Crippen LogP contribution in [-0.2, 0) is 17.8 Å².